The van der Waals surface area contributed by atoms with Crippen LogP contribution in [0.5, 0.6) is 0 Å². The van der Waals surface area contributed by atoms with Crippen molar-refractivity contribution in [3.63, 3.8) is 0 Å². The number of carbonyl (C=O) groups excluding carboxylic acids is 2. The zero-order valence-corrected chi connectivity index (χ0v) is 14.0. The molecule has 1 saturated heterocycles. The number of carbonyl (C=O) groups is 2. The molecular weight excluding hydrogens is 296 g/mol. The summed E-state index contributed by atoms with van der Waals surface area (Å²) in [5, 5.41) is 0. The maximum atomic E-state index is 12.7. The summed E-state index contributed by atoms with van der Waals surface area (Å²) in [5.41, 5.74) is -0.433. The van der Waals surface area contributed by atoms with E-state index in [1.165, 1.54) is 17.7 Å². The molecule has 1 aliphatic heterocycles. The second-order valence-corrected chi connectivity index (χ2v) is 7.42. The Morgan fingerprint density at radius 2 is 2.04 bits per heavy atom. The number of likely N-dealkylation sites (tertiary alicyclic amines) is 1. The van der Waals surface area contributed by atoms with E-state index < -0.39 is 5.41 Å². The summed E-state index contributed by atoms with van der Waals surface area (Å²) in [7, 11) is 3.03. The third-order valence-electron chi connectivity index (χ3n) is 5.49. The minimum atomic E-state index is -0.590. The van der Waals surface area contributed by atoms with Crippen molar-refractivity contribution in [1.82, 2.24) is 9.47 Å². The minimum absolute atomic E-state index is 0.00996. The second-order valence-electron chi connectivity index (χ2n) is 7.42. The molecule has 0 unspecified atom stereocenters. The number of amides is 1. The summed E-state index contributed by atoms with van der Waals surface area (Å²) in [4.78, 5) is 38.4. The Bertz CT molecular complexity index is 736. The van der Waals surface area contributed by atoms with Crippen molar-refractivity contribution in [2.75, 3.05) is 20.2 Å². The fourth-order valence-corrected chi connectivity index (χ4v) is 4.39. The van der Waals surface area contributed by atoms with Crippen LogP contribution in [0.15, 0.2) is 23.1 Å². The normalized spacial score (nSPS) is 28.0. The minimum Gasteiger partial charge on any atom is -0.469 e. The Balaban J connectivity index is 1.88. The molecule has 124 valence electrons. The summed E-state index contributed by atoms with van der Waals surface area (Å²) in [6.45, 7) is 5.12. The lowest BCUT2D eigenvalue weighted by Gasteiger charge is -2.54. The molecule has 1 aromatic rings. The monoisotopic (exact) mass is 318 g/mol. The molecule has 0 N–H and O–H groups in total. The Labute approximate surface area is 135 Å². The zero-order valence-electron chi connectivity index (χ0n) is 14.0. The van der Waals surface area contributed by atoms with E-state index >= 15 is 0 Å². The van der Waals surface area contributed by atoms with Crippen LogP contribution in [0.3, 0.4) is 0 Å². The van der Waals surface area contributed by atoms with Gasteiger partial charge in [-0.05, 0) is 23.8 Å². The number of ether oxygens (including phenoxy) is 1. The molecule has 2 aliphatic rings. The third-order valence-corrected chi connectivity index (χ3v) is 5.49. The number of rotatable bonds is 2. The van der Waals surface area contributed by atoms with Crippen molar-refractivity contribution >= 4 is 11.9 Å². The average molecular weight is 318 g/mol. The lowest BCUT2D eigenvalue weighted by atomic mass is 9.48. The molecule has 6 heteroatoms. The highest BCUT2D eigenvalue weighted by Gasteiger charge is 2.68. The maximum absolute atomic E-state index is 12.7. The summed E-state index contributed by atoms with van der Waals surface area (Å²) in [6, 6.07) is 2.98. The van der Waals surface area contributed by atoms with Gasteiger partial charge in [-0.15, -0.1) is 0 Å². The van der Waals surface area contributed by atoms with Crippen LogP contribution in [0.2, 0.25) is 0 Å². The standard InChI is InChI=1S/C17H22N2O4/c1-16(2)9-17(15(22)23-4)10-19(8-12(16)17)14(21)11-5-6-18(3)13(20)7-11/h5-7,12H,8-10H2,1-4H3/t12-,17+/m1/s1. The van der Waals surface area contributed by atoms with Gasteiger partial charge < -0.3 is 14.2 Å². The SMILES string of the molecule is COC(=O)[C@@]12CN(C(=O)c3ccn(C)c(=O)c3)C[C@@H]1C(C)(C)C2. The molecule has 0 radical (unpaired) electrons. The van der Waals surface area contributed by atoms with Crippen LogP contribution in [0.25, 0.3) is 0 Å². The average Bonchev–Trinajstić information content (AvgIpc) is 2.84. The topological polar surface area (TPSA) is 68.6 Å². The van der Waals surface area contributed by atoms with Gasteiger partial charge in [0.2, 0.25) is 0 Å². The molecular formula is C17H22N2O4. The third kappa shape index (κ3) is 2.19. The van der Waals surface area contributed by atoms with Crippen LogP contribution in [-0.4, -0.2) is 41.5 Å². The quantitative estimate of drug-likeness (QED) is 0.764. The Morgan fingerprint density at radius 1 is 1.35 bits per heavy atom. The Hall–Kier alpha value is -2.11. The summed E-state index contributed by atoms with van der Waals surface area (Å²) >= 11 is 0. The van der Waals surface area contributed by atoms with E-state index in [0.29, 0.717) is 18.7 Å². The first kappa shape index (κ1) is 15.8. The summed E-state index contributed by atoms with van der Waals surface area (Å²) in [5.74, 6) is -0.338. The van der Waals surface area contributed by atoms with Crippen molar-refractivity contribution in [2.45, 2.75) is 20.3 Å². The molecule has 1 saturated carbocycles. The Morgan fingerprint density at radius 3 is 2.61 bits per heavy atom. The van der Waals surface area contributed by atoms with Gasteiger partial charge >= 0.3 is 5.97 Å². The van der Waals surface area contributed by atoms with E-state index in [9.17, 15) is 14.4 Å². The van der Waals surface area contributed by atoms with Gasteiger partial charge in [0.05, 0.1) is 12.5 Å². The largest absolute Gasteiger partial charge is 0.469 e. The van der Waals surface area contributed by atoms with Gasteiger partial charge in [0.15, 0.2) is 0 Å². The molecule has 1 amide bonds. The highest BCUT2D eigenvalue weighted by atomic mass is 16.5. The number of aryl methyl sites for hydroxylation is 1. The summed E-state index contributed by atoms with van der Waals surface area (Å²) < 4.78 is 6.41. The van der Waals surface area contributed by atoms with Gasteiger partial charge in [0.25, 0.3) is 11.5 Å². The fourth-order valence-electron chi connectivity index (χ4n) is 4.39. The number of hydrogen-bond acceptors (Lipinski definition) is 4. The molecule has 2 atom stereocenters. The van der Waals surface area contributed by atoms with E-state index in [4.69, 9.17) is 4.74 Å². The number of esters is 1. The number of aromatic nitrogens is 1. The first-order chi connectivity index (χ1) is 10.7. The van der Waals surface area contributed by atoms with Gasteiger partial charge in [-0.1, -0.05) is 13.8 Å². The molecule has 0 spiro atoms. The van der Waals surface area contributed by atoms with Gasteiger partial charge in [-0.3, -0.25) is 14.4 Å². The van der Waals surface area contributed by atoms with Crippen LogP contribution >= 0.6 is 0 Å². The van der Waals surface area contributed by atoms with E-state index in [-0.39, 0.29) is 28.8 Å². The number of nitrogens with zero attached hydrogens (tertiary/aromatic N) is 2. The molecule has 2 heterocycles. The lowest BCUT2D eigenvalue weighted by molar-refractivity contribution is -0.174. The number of hydrogen-bond donors (Lipinski definition) is 0. The van der Waals surface area contributed by atoms with Crippen molar-refractivity contribution in [3.05, 3.63) is 34.2 Å². The molecule has 2 fully saturated rings. The van der Waals surface area contributed by atoms with Crippen LogP contribution in [-0.2, 0) is 16.6 Å². The van der Waals surface area contributed by atoms with Crippen LogP contribution in [0.4, 0.5) is 0 Å². The van der Waals surface area contributed by atoms with Crippen LogP contribution in [0.1, 0.15) is 30.6 Å². The molecule has 0 bridgehead atoms. The second kappa shape index (κ2) is 4.94. The first-order valence-electron chi connectivity index (χ1n) is 7.76. The van der Waals surface area contributed by atoms with E-state index in [1.807, 2.05) is 0 Å². The van der Waals surface area contributed by atoms with E-state index in [1.54, 1.807) is 24.2 Å². The number of methoxy groups -OCH3 is 1. The summed E-state index contributed by atoms with van der Waals surface area (Å²) in [6.07, 6.45) is 2.30. The van der Waals surface area contributed by atoms with Crippen molar-refractivity contribution < 1.29 is 14.3 Å². The maximum Gasteiger partial charge on any atom is 0.314 e. The molecule has 1 aromatic heterocycles. The van der Waals surface area contributed by atoms with Gasteiger partial charge in [0, 0.05) is 38.0 Å². The molecule has 0 aromatic carbocycles. The van der Waals surface area contributed by atoms with Crippen molar-refractivity contribution in [2.24, 2.45) is 23.8 Å². The van der Waals surface area contributed by atoms with Crippen LogP contribution < -0.4 is 5.56 Å². The van der Waals surface area contributed by atoms with Gasteiger partial charge in [0.1, 0.15) is 0 Å². The van der Waals surface area contributed by atoms with E-state index in [0.717, 1.165) is 6.42 Å². The smallest absolute Gasteiger partial charge is 0.314 e. The predicted molar refractivity (Wildman–Crippen MR) is 83.9 cm³/mol. The van der Waals surface area contributed by atoms with Crippen molar-refractivity contribution in [3.8, 4) is 0 Å². The highest BCUT2D eigenvalue weighted by Crippen LogP contribution is 2.63. The number of fused-ring (bicyclic) bond motifs is 1. The van der Waals surface area contributed by atoms with Crippen LogP contribution in [0, 0.1) is 16.7 Å². The first-order valence-corrected chi connectivity index (χ1v) is 7.76. The predicted octanol–water partition coefficient (Wildman–Crippen LogP) is 1.05. The molecule has 3 rings (SSSR count). The lowest BCUT2D eigenvalue weighted by Crippen LogP contribution is -2.57. The van der Waals surface area contributed by atoms with Gasteiger partial charge in [-0.25, -0.2) is 0 Å². The Kier molecular flexibility index (Phi) is 3.39. The zero-order chi connectivity index (χ0) is 17.0. The number of pyridine rings is 1. The molecule has 1 aliphatic carbocycles. The fraction of sp³-hybridized carbons (Fsp3) is 0.588. The van der Waals surface area contributed by atoms with Crippen molar-refractivity contribution in [1.29, 1.82) is 0 Å². The molecule has 6 nitrogen and oxygen atoms in total. The van der Waals surface area contributed by atoms with Gasteiger partial charge in [-0.2, -0.15) is 0 Å². The highest BCUT2D eigenvalue weighted by molar-refractivity contribution is 5.95. The van der Waals surface area contributed by atoms with E-state index in [2.05, 4.69) is 13.8 Å². The molecule has 23 heavy (non-hydrogen) atoms.